The van der Waals surface area contributed by atoms with Crippen molar-refractivity contribution in [3.05, 3.63) is 59.4 Å². The zero-order chi connectivity index (χ0) is 14.5. The van der Waals surface area contributed by atoms with Gasteiger partial charge in [0.25, 0.3) is 0 Å². The lowest BCUT2D eigenvalue weighted by Crippen LogP contribution is -2.25. The molecule has 1 heterocycles. The molecule has 2 aromatic rings. The number of hydrogen-bond acceptors (Lipinski definition) is 3. The fourth-order valence-electron chi connectivity index (χ4n) is 2.09. The highest BCUT2D eigenvalue weighted by Gasteiger charge is 2.20. The van der Waals surface area contributed by atoms with Crippen LogP contribution in [0.3, 0.4) is 0 Å². The maximum absolute atomic E-state index is 6.32. The van der Waals surface area contributed by atoms with Crippen molar-refractivity contribution in [1.29, 1.82) is 0 Å². The fourth-order valence-corrected chi connectivity index (χ4v) is 3.42. The van der Waals surface area contributed by atoms with Crippen LogP contribution in [0, 0.1) is 13.8 Å². The van der Waals surface area contributed by atoms with E-state index in [-0.39, 0.29) is 11.3 Å². The monoisotopic (exact) mass is 286 g/mol. The van der Waals surface area contributed by atoms with E-state index < -0.39 is 0 Å². The van der Waals surface area contributed by atoms with E-state index in [1.54, 1.807) is 6.20 Å². The van der Waals surface area contributed by atoms with Crippen molar-refractivity contribution < 1.29 is 0 Å². The number of nitrogens with two attached hydrogens (primary N) is 1. The SMILES string of the molecule is CCC(N)C(Sc1ccc(C)c(C)c1)c1cccnc1. The van der Waals surface area contributed by atoms with E-state index in [0.29, 0.717) is 0 Å². The molecular weight excluding hydrogens is 264 g/mol. The molecule has 0 spiro atoms. The first-order valence-corrected chi connectivity index (χ1v) is 7.89. The molecule has 20 heavy (non-hydrogen) atoms. The van der Waals surface area contributed by atoms with Crippen LogP contribution in [0.5, 0.6) is 0 Å². The molecule has 0 amide bonds. The maximum Gasteiger partial charge on any atom is 0.0510 e. The molecule has 0 radical (unpaired) electrons. The summed E-state index contributed by atoms with van der Waals surface area (Å²) in [6.45, 7) is 6.42. The van der Waals surface area contributed by atoms with Crippen molar-refractivity contribution in [1.82, 2.24) is 4.98 Å². The average Bonchev–Trinajstić information content (AvgIpc) is 2.48. The Labute approximate surface area is 125 Å². The molecule has 2 N–H and O–H groups in total. The van der Waals surface area contributed by atoms with Gasteiger partial charge in [0.15, 0.2) is 0 Å². The molecule has 1 aromatic carbocycles. The van der Waals surface area contributed by atoms with Crippen molar-refractivity contribution in [2.75, 3.05) is 0 Å². The minimum atomic E-state index is 0.130. The second-order valence-corrected chi connectivity index (χ2v) is 6.36. The zero-order valence-corrected chi connectivity index (χ0v) is 13.2. The largest absolute Gasteiger partial charge is 0.326 e. The van der Waals surface area contributed by atoms with Crippen LogP contribution in [0.4, 0.5) is 0 Å². The summed E-state index contributed by atoms with van der Waals surface area (Å²) in [5, 5.41) is 0.246. The number of hydrogen-bond donors (Lipinski definition) is 1. The highest BCUT2D eigenvalue weighted by atomic mass is 32.2. The molecule has 0 aliphatic heterocycles. The zero-order valence-electron chi connectivity index (χ0n) is 12.3. The molecule has 2 nitrogen and oxygen atoms in total. The molecule has 0 aliphatic carbocycles. The summed E-state index contributed by atoms with van der Waals surface area (Å²) in [5.74, 6) is 0. The lowest BCUT2D eigenvalue weighted by Gasteiger charge is -2.23. The van der Waals surface area contributed by atoms with E-state index >= 15 is 0 Å². The maximum atomic E-state index is 6.32. The normalized spacial score (nSPS) is 14.0. The molecule has 3 heteroatoms. The van der Waals surface area contributed by atoms with Gasteiger partial charge in [0.2, 0.25) is 0 Å². The van der Waals surface area contributed by atoms with E-state index in [9.17, 15) is 0 Å². The minimum absolute atomic E-state index is 0.130. The molecule has 0 saturated heterocycles. The van der Waals surface area contributed by atoms with Crippen molar-refractivity contribution in [2.45, 2.75) is 43.4 Å². The van der Waals surface area contributed by atoms with Crippen LogP contribution in [0.25, 0.3) is 0 Å². The highest BCUT2D eigenvalue weighted by molar-refractivity contribution is 7.99. The number of nitrogens with zero attached hydrogens (tertiary/aromatic N) is 1. The third-order valence-electron chi connectivity index (χ3n) is 3.61. The Balaban J connectivity index is 2.26. The third kappa shape index (κ3) is 3.62. The van der Waals surface area contributed by atoms with E-state index in [4.69, 9.17) is 5.73 Å². The van der Waals surface area contributed by atoms with E-state index in [0.717, 1.165) is 6.42 Å². The van der Waals surface area contributed by atoms with Gasteiger partial charge >= 0.3 is 0 Å². The Kier molecular flexibility index (Phi) is 5.21. The van der Waals surface area contributed by atoms with Gasteiger partial charge in [-0.1, -0.05) is 19.1 Å². The first-order chi connectivity index (χ1) is 9.61. The predicted molar refractivity (Wildman–Crippen MR) is 87.0 cm³/mol. The number of benzene rings is 1. The fraction of sp³-hybridized carbons (Fsp3) is 0.353. The Hall–Kier alpha value is -1.32. The summed E-state index contributed by atoms with van der Waals surface area (Å²) in [6, 6.07) is 10.8. The van der Waals surface area contributed by atoms with Crippen molar-refractivity contribution in [3.63, 3.8) is 0 Å². The first-order valence-electron chi connectivity index (χ1n) is 7.01. The van der Waals surface area contributed by atoms with Crippen LogP contribution in [0.15, 0.2) is 47.6 Å². The Bertz CT molecular complexity index is 554. The van der Waals surface area contributed by atoms with Crippen molar-refractivity contribution in [3.8, 4) is 0 Å². The van der Waals surface area contributed by atoms with Crippen LogP contribution < -0.4 is 5.73 Å². The van der Waals surface area contributed by atoms with Crippen LogP contribution >= 0.6 is 11.8 Å². The molecule has 2 atom stereocenters. The van der Waals surface area contributed by atoms with Gasteiger partial charge in [0, 0.05) is 23.3 Å². The third-order valence-corrected chi connectivity index (χ3v) is 5.02. The van der Waals surface area contributed by atoms with Gasteiger partial charge in [0.05, 0.1) is 5.25 Å². The Morgan fingerprint density at radius 2 is 2.00 bits per heavy atom. The molecule has 2 rings (SSSR count). The number of thioether (sulfide) groups is 1. The van der Waals surface area contributed by atoms with Gasteiger partial charge in [-0.05, 0) is 55.2 Å². The van der Waals surface area contributed by atoms with Crippen molar-refractivity contribution in [2.24, 2.45) is 5.73 Å². The number of aromatic nitrogens is 1. The molecule has 0 aliphatic rings. The second kappa shape index (κ2) is 6.91. The van der Waals surface area contributed by atoms with Gasteiger partial charge in [0.1, 0.15) is 0 Å². The topological polar surface area (TPSA) is 38.9 Å². The second-order valence-electron chi connectivity index (χ2n) is 5.14. The predicted octanol–water partition coefficient (Wildman–Crippen LogP) is 4.27. The van der Waals surface area contributed by atoms with E-state index in [1.165, 1.54) is 21.6 Å². The van der Waals surface area contributed by atoms with Gasteiger partial charge in [-0.25, -0.2) is 0 Å². The standard InChI is InChI=1S/C17H22N2S/c1-4-16(18)17(14-6-5-9-19-11-14)20-15-8-7-12(2)13(3)10-15/h5-11,16-17H,4,18H2,1-3H3. The summed E-state index contributed by atoms with van der Waals surface area (Å²) in [4.78, 5) is 5.50. The molecule has 2 unspecified atom stereocenters. The molecule has 0 bridgehead atoms. The van der Waals surface area contributed by atoms with Gasteiger partial charge in [-0.2, -0.15) is 0 Å². The van der Waals surface area contributed by atoms with E-state index in [2.05, 4.69) is 50.0 Å². The van der Waals surface area contributed by atoms with Crippen LogP contribution in [-0.4, -0.2) is 11.0 Å². The van der Waals surface area contributed by atoms with Crippen LogP contribution in [0.1, 0.15) is 35.3 Å². The lowest BCUT2D eigenvalue weighted by molar-refractivity contribution is 0.633. The quantitative estimate of drug-likeness (QED) is 0.834. The number of aryl methyl sites for hydroxylation is 2. The van der Waals surface area contributed by atoms with Crippen LogP contribution in [0.2, 0.25) is 0 Å². The minimum Gasteiger partial charge on any atom is -0.326 e. The summed E-state index contributed by atoms with van der Waals surface area (Å²) in [6.07, 6.45) is 4.68. The summed E-state index contributed by atoms with van der Waals surface area (Å²) in [5.41, 5.74) is 10.2. The molecule has 1 aromatic heterocycles. The first kappa shape index (κ1) is 15.1. The summed E-state index contributed by atoms with van der Waals surface area (Å²) >= 11 is 1.83. The number of rotatable bonds is 5. The summed E-state index contributed by atoms with van der Waals surface area (Å²) in [7, 11) is 0. The van der Waals surface area contributed by atoms with Gasteiger partial charge in [-0.15, -0.1) is 11.8 Å². The van der Waals surface area contributed by atoms with Crippen LogP contribution in [-0.2, 0) is 0 Å². The van der Waals surface area contributed by atoms with Crippen molar-refractivity contribution >= 4 is 11.8 Å². The van der Waals surface area contributed by atoms with E-state index in [1.807, 2.05) is 24.0 Å². The molecular formula is C17H22N2S. The molecule has 0 saturated carbocycles. The Morgan fingerprint density at radius 1 is 1.20 bits per heavy atom. The average molecular weight is 286 g/mol. The highest BCUT2D eigenvalue weighted by Crippen LogP contribution is 2.38. The lowest BCUT2D eigenvalue weighted by atomic mass is 10.1. The molecule has 0 fully saturated rings. The van der Waals surface area contributed by atoms with Gasteiger partial charge < -0.3 is 5.73 Å². The molecule has 106 valence electrons. The number of pyridine rings is 1. The summed E-state index contributed by atoms with van der Waals surface area (Å²) < 4.78 is 0. The smallest absolute Gasteiger partial charge is 0.0510 e. The van der Waals surface area contributed by atoms with Gasteiger partial charge in [-0.3, -0.25) is 4.98 Å². The Morgan fingerprint density at radius 3 is 2.60 bits per heavy atom.